The molecule has 1 saturated heterocycles. The van der Waals surface area contributed by atoms with Gasteiger partial charge in [0.2, 0.25) is 0 Å². The van der Waals surface area contributed by atoms with Gasteiger partial charge in [-0.15, -0.1) is 0 Å². The lowest BCUT2D eigenvalue weighted by Crippen LogP contribution is -2.41. The van der Waals surface area contributed by atoms with Crippen LogP contribution in [0.25, 0.3) is 0 Å². The number of likely N-dealkylation sites (tertiary alicyclic amines) is 1. The van der Waals surface area contributed by atoms with Crippen molar-refractivity contribution in [1.29, 1.82) is 0 Å². The summed E-state index contributed by atoms with van der Waals surface area (Å²) in [5, 5.41) is 3.07. The van der Waals surface area contributed by atoms with Crippen LogP contribution >= 0.6 is 11.6 Å². The summed E-state index contributed by atoms with van der Waals surface area (Å²) in [6.07, 6.45) is 3.82. The molecule has 0 aromatic heterocycles. The molecule has 1 aliphatic rings. The minimum atomic E-state index is -0.575. The number of halogens is 3. The Kier molecular flexibility index (Phi) is 5.75. The second-order valence-corrected chi connectivity index (χ2v) is 5.91. The fraction of sp³-hybridized carbons (Fsp3) is 0.600. The van der Waals surface area contributed by atoms with E-state index in [1.807, 2.05) is 0 Å². The van der Waals surface area contributed by atoms with E-state index in [0.29, 0.717) is 12.1 Å². The summed E-state index contributed by atoms with van der Waals surface area (Å²) in [7, 11) is 0. The normalized spacial score (nSPS) is 18.2. The summed E-state index contributed by atoms with van der Waals surface area (Å²) in [5.74, 6) is -1.04. The van der Waals surface area contributed by atoms with Gasteiger partial charge in [-0.25, -0.2) is 8.78 Å². The van der Waals surface area contributed by atoms with Crippen LogP contribution in [0.3, 0.4) is 0 Å². The van der Waals surface area contributed by atoms with E-state index in [1.54, 1.807) is 0 Å². The molecule has 0 bridgehead atoms. The van der Waals surface area contributed by atoms with Crippen molar-refractivity contribution >= 4 is 11.6 Å². The van der Waals surface area contributed by atoms with E-state index in [0.717, 1.165) is 31.8 Å². The standard InChI is InChI=1S/C15H21ClF2N2/c1-11(10-20-5-3-2-4-6-20)19-9-12-7-15(18)13(16)8-14(12)17/h7-8,11,19H,2-6,9-10H2,1H3. The second kappa shape index (κ2) is 7.34. The Morgan fingerprint density at radius 2 is 1.90 bits per heavy atom. The van der Waals surface area contributed by atoms with Gasteiger partial charge in [-0.05, 0) is 45.0 Å². The number of rotatable bonds is 5. The maximum atomic E-state index is 13.6. The molecule has 0 saturated carbocycles. The van der Waals surface area contributed by atoms with Crippen LogP contribution in [0.5, 0.6) is 0 Å². The van der Waals surface area contributed by atoms with Gasteiger partial charge in [-0.2, -0.15) is 0 Å². The molecular formula is C15H21ClF2N2. The van der Waals surface area contributed by atoms with Crippen LogP contribution in [0.4, 0.5) is 8.78 Å². The number of hydrogen-bond acceptors (Lipinski definition) is 2. The minimum Gasteiger partial charge on any atom is -0.309 e. The second-order valence-electron chi connectivity index (χ2n) is 5.50. The maximum absolute atomic E-state index is 13.6. The number of nitrogens with zero attached hydrogens (tertiary/aromatic N) is 1. The summed E-state index contributed by atoms with van der Waals surface area (Å²) >= 11 is 5.54. The van der Waals surface area contributed by atoms with Crippen LogP contribution in [0.2, 0.25) is 5.02 Å². The molecule has 1 aliphatic heterocycles. The van der Waals surface area contributed by atoms with Gasteiger partial charge in [-0.3, -0.25) is 0 Å². The Balaban J connectivity index is 1.83. The Morgan fingerprint density at radius 1 is 1.20 bits per heavy atom. The molecule has 0 aliphatic carbocycles. The molecule has 1 aromatic carbocycles. The maximum Gasteiger partial charge on any atom is 0.142 e. The van der Waals surface area contributed by atoms with Crippen LogP contribution < -0.4 is 5.32 Å². The molecule has 2 rings (SSSR count). The largest absolute Gasteiger partial charge is 0.309 e. The SMILES string of the molecule is CC(CN1CCCCC1)NCc1cc(F)c(Cl)cc1F. The molecule has 1 aromatic rings. The molecule has 0 amide bonds. The number of piperidine rings is 1. The molecule has 1 atom stereocenters. The number of nitrogens with one attached hydrogen (secondary N) is 1. The highest BCUT2D eigenvalue weighted by atomic mass is 35.5. The van der Waals surface area contributed by atoms with Crippen molar-refractivity contribution in [2.75, 3.05) is 19.6 Å². The highest BCUT2D eigenvalue weighted by Crippen LogP contribution is 2.19. The van der Waals surface area contributed by atoms with E-state index in [2.05, 4.69) is 17.1 Å². The van der Waals surface area contributed by atoms with E-state index in [1.165, 1.54) is 19.3 Å². The molecule has 1 N–H and O–H groups in total. The molecule has 0 spiro atoms. The van der Waals surface area contributed by atoms with E-state index in [9.17, 15) is 8.78 Å². The number of benzene rings is 1. The van der Waals surface area contributed by atoms with E-state index in [-0.39, 0.29) is 11.1 Å². The van der Waals surface area contributed by atoms with Gasteiger partial charge in [0.1, 0.15) is 11.6 Å². The predicted molar refractivity (Wildman–Crippen MR) is 78.0 cm³/mol. The molecule has 1 heterocycles. The van der Waals surface area contributed by atoms with Crippen LogP contribution in [-0.2, 0) is 6.54 Å². The van der Waals surface area contributed by atoms with Gasteiger partial charge in [0.05, 0.1) is 5.02 Å². The molecule has 1 fully saturated rings. The predicted octanol–water partition coefficient (Wildman–Crippen LogP) is 3.58. The van der Waals surface area contributed by atoms with Gasteiger partial charge in [0.15, 0.2) is 0 Å². The number of hydrogen-bond donors (Lipinski definition) is 1. The van der Waals surface area contributed by atoms with Gasteiger partial charge >= 0.3 is 0 Å². The van der Waals surface area contributed by atoms with Crippen LogP contribution in [-0.4, -0.2) is 30.6 Å². The third-order valence-electron chi connectivity index (χ3n) is 3.71. The zero-order valence-electron chi connectivity index (χ0n) is 11.8. The Morgan fingerprint density at radius 3 is 2.60 bits per heavy atom. The van der Waals surface area contributed by atoms with Crippen LogP contribution in [0.15, 0.2) is 12.1 Å². The average molecular weight is 303 g/mol. The fourth-order valence-electron chi connectivity index (χ4n) is 2.58. The first-order valence-electron chi connectivity index (χ1n) is 7.15. The summed E-state index contributed by atoms with van der Waals surface area (Å²) in [4.78, 5) is 2.42. The van der Waals surface area contributed by atoms with Crippen molar-refractivity contribution in [2.24, 2.45) is 0 Å². The summed E-state index contributed by atoms with van der Waals surface area (Å²) < 4.78 is 27.0. The lowest BCUT2D eigenvalue weighted by atomic mass is 10.1. The Bertz CT molecular complexity index is 448. The Hall–Kier alpha value is -0.710. The monoisotopic (exact) mass is 302 g/mol. The summed E-state index contributed by atoms with van der Waals surface area (Å²) in [6.45, 7) is 5.59. The molecule has 5 heteroatoms. The minimum absolute atomic E-state index is 0.174. The average Bonchev–Trinajstić information content (AvgIpc) is 2.42. The summed E-state index contributed by atoms with van der Waals surface area (Å²) in [6, 6.07) is 2.44. The van der Waals surface area contributed by atoms with E-state index < -0.39 is 11.6 Å². The molecule has 0 radical (unpaired) electrons. The highest BCUT2D eigenvalue weighted by molar-refractivity contribution is 6.30. The van der Waals surface area contributed by atoms with Crippen molar-refractivity contribution in [3.8, 4) is 0 Å². The zero-order chi connectivity index (χ0) is 14.5. The molecular weight excluding hydrogens is 282 g/mol. The van der Waals surface area contributed by atoms with Crippen molar-refractivity contribution in [1.82, 2.24) is 10.2 Å². The quantitative estimate of drug-likeness (QED) is 0.836. The van der Waals surface area contributed by atoms with E-state index in [4.69, 9.17) is 11.6 Å². The first-order valence-corrected chi connectivity index (χ1v) is 7.53. The fourth-order valence-corrected chi connectivity index (χ4v) is 2.73. The first-order chi connectivity index (χ1) is 9.56. The van der Waals surface area contributed by atoms with Crippen molar-refractivity contribution < 1.29 is 8.78 Å². The van der Waals surface area contributed by atoms with Crippen molar-refractivity contribution in [3.05, 3.63) is 34.4 Å². The molecule has 2 nitrogen and oxygen atoms in total. The van der Waals surface area contributed by atoms with Crippen molar-refractivity contribution in [2.45, 2.75) is 38.8 Å². The Labute approximate surface area is 124 Å². The molecule has 112 valence electrons. The lowest BCUT2D eigenvalue weighted by molar-refractivity contribution is 0.208. The lowest BCUT2D eigenvalue weighted by Gasteiger charge is -2.29. The molecule has 1 unspecified atom stereocenters. The van der Waals surface area contributed by atoms with E-state index >= 15 is 0 Å². The smallest absolute Gasteiger partial charge is 0.142 e. The van der Waals surface area contributed by atoms with Crippen LogP contribution in [0, 0.1) is 11.6 Å². The van der Waals surface area contributed by atoms with Gasteiger partial charge in [-0.1, -0.05) is 18.0 Å². The topological polar surface area (TPSA) is 15.3 Å². The third-order valence-corrected chi connectivity index (χ3v) is 4.00. The molecule has 20 heavy (non-hydrogen) atoms. The third kappa shape index (κ3) is 4.40. The van der Waals surface area contributed by atoms with Gasteiger partial charge in [0.25, 0.3) is 0 Å². The zero-order valence-corrected chi connectivity index (χ0v) is 12.5. The van der Waals surface area contributed by atoms with Crippen molar-refractivity contribution in [3.63, 3.8) is 0 Å². The highest BCUT2D eigenvalue weighted by Gasteiger charge is 2.14. The van der Waals surface area contributed by atoms with Gasteiger partial charge in [0, 0.05) is 24.7 Å². The summed E-state index contributed by atoms with van der Waals surface area (Å²) in [5.41, 5.74) is 0.317. The first kappa shape index (κ1) is 15.7. The van der Waals surface area contributed by atoms with Gasteiger partial charge < -0.3 is 10.2 Å². The van der Waals surface area contributed by atoms with Crippen LogP contribution in [0.1, 0.15) is 31.7 Å².